The Labute approximate surface area is 131 Å². The maximum atomic E-state index is 5.09. The molecule has 1 heterocycles. The Morgan fingerprint density at radius 2 is 2.32 bits per heavy atom. The van der Waals surface area contributed by atoms with Crippen LogP contribution in [0.1, 0.15) is 25.3 Å². The van der Waals surface area contributed by atoms with Crippen LogP contribution in [-0.2, 0) is 6.54 Å². The topological polar surface area (TPSA) is 58.5 Å². The minimum absolute atomic E-state index is 0. The summed E-state index contributed by atoms with van der Waals surface area (Å²) in [7, 11) is 1.62. The third-order valence-corrected chi connectivity index (χ3v) is 2.69. The van der Waals surface area contributed by atoms with Gasteiger partial charge >= 0.3 is 0 Å². The number of halogens is 1. The summed E-state index contributed by atoms with van der Waals surface area (Å²) >= 11 is 0. The van der Waals surface area contributed by atoms with E-state index in [-0.39, 0.29) is 24.0 Å². The molecule has 106 valence electrons. The van der Waals surface area contributed by atoms with Gasteiger partial charge in [0, 0.05) is 24.8 Å². The van der Waals surface area contributed by atoms with Gasteiger partial charge in [-0.05, 0) is 31.4 Å². The quantitative estimate of drug-likeness (QED) is 0.469. The summed E-state index contributed by atoms with van der Waals surface area (Å²) in [5.41, 5.74) is 1.09. The molecule has 1 aliphatic rings. The standard InChI is InChI=1S/C13H20N4O.HI/c1-3-14-13(17-11-4-5-11)16-9-10-6-7-15-12(8-10)18-2;/h6-8,11H,3-5,9H2,1-2H3,(H2,14,16,17);1H. The fraction of sp³-hybridized carbons (Fsp3) is 0.538. The Morgan fingerprint density at radius 3 is 2.95 bits per heavy atom. The van der Waals surface area contributed by atoms with Crippen LogP contribution in [0.25, 0.3) is 0 Å². The van der Waals surface area contributed by atoms with Crippen LogP contribution in [0.4, 0.5) is 0 Å². The largest absolute Gasteiger partial charge is 0.481 e. The van der Waals surface area contributed by atoms with Crippen LogP contribution in [0.2, 0.25) is 0 Å². The number of methoxy groups -OCH3 is 1. The average molecular weight is 376 g/mol. The van der Waals surface area contributed by atoms with Crippen LogP contribution in [0.3, 0.4) is 0 Å². The van der Waals surface area contributed by atoms with Crippen molar-refractivity contribution in [2.75, 3.05) is 13.7 Å². The number of pyridine rings is 1. The summed E-state index contributed by atoms with van der Waals surface area (Å²) in [6.07, 6.45) is 4.23. The van der Waals surface area contributed by atoms with Crippen LogP contribution in [-0.4, -0.2) is 30.6 Å². The van der Waals surface area contributed by atoms with Crippen LogP contribution in [0, 0.1) is 0 Å². The van der Waals surface area contributed by atoms with Crippen LogP contribution in [0.5, 0.6) is 5.88 Å². The molecular formula is C13H21IN4O. The lowest BCUT2D eigenvalue weighted by molar-refractivity contribution is 0.397. The Bertz CT molecular complexity index is 421. The van der Waals surface area contributed by atoms with Gasteiger partial charge in [0.05, 0.1) is 13.7 Å². The predicted octanol–water partition coefficient (Wildman–Crippen LogP) is 1.93. The molecule has 1 saturated carbocycles. The second kappa shape index (κ2) is 8.19. The molecular weight excluding hydrogens is 355 g/mol. The first-order chi connectivity index (χ1) is 8.81. The van der Waals surface area contributed by atoms with Gasteiger partial charge in [0.2, 0.25) is 5.88 Å². The molecule has 1 aromatic heterocycles. The van der Waals surface area contributed by atoms with Crippen molar-refractivity contribution in [1.82, 2.24) is 15.6 Å². The number of guanidine groups is 1. The van der Waals surface area contributed by atoms with Crippen molar-refractivity contribution in [3.63, 3.8) is 0 Å². The van der Waals surface area contributed by atoms with Gasteiger partial charge in [0.25, 0.3) is 0 Å². The number of hydrogen-bond donors (Lipinski definition) is 2. The van der Waals surface area contributed by atoms with E-state index in [1.807, 2.05) is 12.1 Å². The summed E-state index contributed by atoms with van der Waals surface area (Å²) < 4.78 is 5.09. The van der Waals surface area contributed by atoms with Gasteiger partial charge in [-0.15, -0.1) is 24.0 Å². The first-order valence-corrected chi connectivity index (χ1v) is 6.35. The molecule has 0 amide bonds. The smallest absolute Gasteiger partial charge is 0.213 e. The fourth-order valence-corrected chi connectivity index (χ4v) is 1.57. The molecule has 6 heteroatoms. The Balaban J connectivity index is 0.00000180. The van der Waals surface area contributed by atoms with Gasteiger partial charge in [-0.2, -0.15) is 0 Å². The summed E-state index contributed by atoms with van der Waals surface area (Å²) in [6.45, 7) is 3.57. The van der Waals surface area contributed by atoms with Crippen molar-refractivity contribution in [3.8, 4) is 5.88 Å². The Hall–Kier alpha value is -1.05. The van der Waals surface area contributed by atoms with E-state index in [4.69, 9.17) is 4.74 Å². The first kappa shape index (κ1) is 16.0. The van der Waals surface area contributed by atoms with E-state index in [0.717, 1.165) is 18.1 Å². The SMILES string of the molecule is CCNC(=NCc1ccnc(OC)c1)NC1CC1.I. The van der Waals surface area contributed by atoms with Gasteiger partial charge < -0.3 is 15.4 Å². The lowest BCUT2D eigenvalue weighted by atomic mass is 10.3. The normalized spacial score (nSPS) is 14.5. The van der Waals surface area contributed by atoms with Crippen molar-refractivity contribution in [2.24, 2.45) is 4.99 Å². The lowest BCUT2D eigenvalue weighted by Gasteiger charge is -2.10. The van der Waals surface area contributed by atoms with E-state index in [2.05, 4.69) is 27.5 Å². The van der Waals surface area contributed by atoms with Gasteiger partial charge in [-0.3, -0.25) is 0 Å². The molecule has 1 aliphatic carbocycles. The second-order valence-corrected chi connectivity index (χ2v) is 4.32. The third kappa shape index (κ3) is 5.63. The summed E-state index contributed by atoms with van der Waals surface area (Å²) in [6, 6.07) is 4.46. The lowest BCUT2D eigenvalue weighted by Crippen LogP contribution is -2.38. The van der Waals surface area contributed by atoms with Gasteiger partial charge in [0.1, 0.15) is 0 Å². The third-order valence-electron chi connectivity index (χ3n) is 2.69. The number of aromatic nitrogens is 1. The zero-order valence-electron chi connectivity index (χ0n) is 11.3. The van der Waals surface area contributed by atoms with Gasteiger partial charge in [-0.1, -0.05) is 0 Å². The number of hydrogen-bond acceptors (Lipinski definition) is 3. The molecule has 0 aliphatic heterocycles. The molecule has 0 bridgehead atoms. The first-order valence-electron chi connectivity index (χ1n) is 6.35. The van der Waals surface area contributed by atoms with Crippen molar-refractivity contribution in [3.05, 3.63) is 23.9 Å². The Morgan fingerprint density at radius 1 is 1.53 bits per heavy atom. The van der Waals surface area contributed by atoms with E-state index in [1.54, 1.807) is 13.3 Å². The molecule has 19 heavy (non-hydrogen) atoms. The summed E-state index contributed by atoms with van der Waals surface area (Å²) in [5.74, 6) is 1.51. The zero-order chi connectivity index (χ0) is 12.8. The van der Waals surface area contributed by atoms with E-state index < -0.39 is 0 Å². The highest BCUT2D eigenvalue weighted by Crippen LogP contribution is 2.18. The van der Waals surface area contributed by atoms with E-state index in [1.165, 1.54) is 12.8 Å². The average Bonchev–Trinajstić information content (AvgIpc) is 3.20. The maximum absolute atomic E-state index is 5.09. The zero-order valence-corrected chi connectivity index (χ0v) is 13.7. The molecule has 0 spiro atoms. The molecule has 0 radical (unpaired) electrons. The van der Waals surface area contributed by atoms with Crippen molar-refractivity contribution in [2.45, 2.75) is 32.4 Å². The highest BCUT2D eigenvalue weighted by Gasteiger charge is 2.21. The van der Waals surface area contributed by atoms with E-state index >= 15 is 0 Å². The van der Waals surface area contributed by atoms with Gasteiger partial charge in [-0.25, -0.2) is 9.98 Å². The molecule has 1 fully saturated rings. The number of rotatable bonds is 5. The van der Waals surface area contributed by atoms with Crippen molar-refractivity contribution in [1.29, 1.82) is 0 Å². The molecule has 0 aromatic carbocycles. The van der Waals surface area contributed by atoms with Crippen molar-refractivity contribution >= 4 is 29.9 Å². The minimum atomic E-state index is 0. The molecule has 0 unspecified atom stereocenters. The number of ether oxygens (including phenoxy) is 1. The monoisotopic (exact) mass is 376 g/mol. The molecule has 2 N–H and O–H groups in total. The Kier molecular flexibility index (Phi) is 6.90. The highest BCUT2D eigenvalue weighted by atomic mass is 127. The molecule has 1 aromatic rings. The van der Waals surface area contributed by atoms with Crippen LogP contribution in [0.15, 0.2) is 23.3 Å². The van der Waals surface area contributed by atoms with Gasteiger partial charge in [0.15, 0.2) is 5.96 Å². The molecule has 0 saturated heterocycles. The minimum Gasteiger partial charge on any atom is -0.481 e. The second-order valence-electron chi connectivity index (χ2n) is 4.32. The molecule has 0 atom stereocenters. The number of nitrogens with one attached hydrogen (secondary N) is 2. The number of nitrogens with zero attached hydrogens (tertiary/aromatic N) is 2. The molecule has 2 rings (SSSR count). The van der Waals surface area contributed by atoms with E-state index in [9.17, 15) is 0 Å². The highest BCUT2D eigenvalue weighted by molar-refractivity contribution is 14.0. The summed E-state index contributed by atoms with van der Waals surface area (Å²) in [4.78, 5) is 8.63. The van der Waals surface area contributed by atoms with Crippen LogP contribution < -0.4 is 15.4 Å². The van der Waals surface area contributed by atoms with E-state index in [0.29, 0.717) is 18.5 Å². The number of aliphatic imine (C=N–C) groups is 1. The molecule has 5 nitrogen and oxygen atoms in total. The van der Waals surface area contributed by atoms with Crippen molar-refractivity contribution < 1.29 is 4.74 Å². The van der Waals surface area contributed by atoms with Crippen LogP contribution >= 0.6 is 24.0 Å². The summed E-state index contributed by atoms with van der Waals surface area (Å²) in [5, 5.41) is 6.63. The fourth-order valence-electron chi connectivity index (χ4n) is 1.57. The predicted molar refractivity (Wildman–Crippen MR) is 87.2 cm³/mol. The maximum Gasteiger partial charge on any atom is 0.213 e.